The van der Waals surface area contributed by atoms with Gasteiger partial charge in [-0.25, -0.2) is 0 Å². The first-order valence-electron chi connectivity index (χ1n) is 5.91. The van der Waals surface area contributed by atoms with Crippen LogP contribution in [0.3, 0.4) is 0 Å². The minimum absolute atomic E-state index is 0. The summed E-state index contributed by atoms with van der Waals surface area (Å²) in [6, 6.07) is 0. The number of halogens is 2. The van der Waals surface area contributed by atoms with Crippen LogP contribution in [0.15, 0.2) is 0 Å². The Morgan fingerprint density at radius 2 is 0.667 bits per heavy atom. The van der Waals surface area contributed by atoms with Crippen molar-refractivity contribution >= 4 is 23.1 Å². The Hall–Kier alpha value is 1.35. The molecule has 0 saturated heterocycles. The van der Waals surface area contributed by atoms with Crippen LogP contribution in [-0.4, -0.2) is 23.1 Å². The average molecular weight is 266 g/mol. The fourth-order valence-corrected chi connectivity index (χ4v) is 1.56. The fourth-order valence-electron chi connectivity index (χ4n) is 1.56. The summed E-state index contributed by atoms with van der Waals surface area (Å²) in [7, 11) is 0. The summed E-state index contributed by atoms with van der Waals surface area (Å²) in [5.41, 5.74) is 0. The van der Waals surface area contributed by atoms with Gasteiger partial charge in [-0.1, -0.05) is 78.1 Å². The van der Waals surface area contributed by atoms with Crippen LogP contribution in [0.4, 0.5) is 0 Å². The fraction of sp³-hybridized carbons (Fsp3) is 1.00. The van der Waals surface area contributed by atoms with Gasteiger partial charge in [-0.3, -0.25) is 0 Å². The Bertz CT molecular complexity index is 70.0. The van der Waals surface area contributed by atoms with Crippen molar-refractivity contribution in [3.8, 4) is 0 Å². The van der Waals surface area contributed by atoms with E-state index >= 15 is 0 Å². The Labute approximate surface area is 125 Å². The van der Waals surface area contributed by atoms with Crippen LogP contribution in [0, 0.1) is 0 Å². The maximum Gasteiger partial charge on any atom is 2.00 e. The van der Waals surface area contributed by atoms with Crippen molar-refractivity contribution in [3.63, 3.8) is 0 Å². The van der Waals surface area contributed by atoms with Crippen LogP contribution < -0.4 is 24.8 Å². The zero-order chi connectivity index (χ0) is 9.07. The Balaban J connectivity index is -0.000000202. The smallest absolute Gasteiger partial charge is 1.00 e. The second kappa shape index (κ2) is 24.5. The van der Waals surface area contributed by atoms with Crippen molar-refractivity contribution in [2.24, 2.45) is 0 Å². The average Bonchev–Trinajstić information content (AvgIpc) is 2.10. The molecular weight excluding hydrogens is 239 g/mol. The minimum atomic E-state index is 0. The van der Waals surface area contributed by atoms with Crippen LogP contribution in [0.1, 0.15) is 78.1 Å². The standard InChI is InChI=1S/C12H26.2ClH.Mg/c1-3-5-7-9-11-12-10-8-6-4-2;;;/h3-12H2,1-2H3;2*1H;/q;;;+2/p-2. The molecule has 0 aromatic rings. The minimum Gasteiger partial charge on any atom is -1.00 e. The van der Waals surface area contributed by atoms with Crippen LogP contribution in [0.2, 0.25) is 0 Å². The molecule has 0 heterocycles. The molecule has 0 nitrogen and oxygen atoms in total. The molecule has 0 bridgehead atoms. The predicted octanol–water partition coefficient (Wildman–Crippen LogP) is -1.45. The second-order valence-corrected chi connectivity index (χ2v) is 3.83. The van der Waals surface area contributed by atoms with Gasteiger partial charge in [0.25, 0.3) is 0 Å². The molecule has 0 atom stereocenters. The molecule has 0 aromatic heterocycles. The predicted molar refractivity (Wildman–Crippen MR) is 63.3 cm³/mol. The van der Waals surface area contributed by atoms with Gasteiger partial charge in [-0.2, -0.15) is 0 Å². The van der Waals surface area contributed by atoms with E-state index in [1.54, 1.807) is 0 Å². The summed E-state index contributed by atoms with van der Waals surface area (Å²) in [5.74, 6) is 0. The van der Waals surface area contributed by atoms with E-state index in [1.165, 1.54) is 64.2 Å². The molecule has 0 aromatic carbocycles. The van der Waals surface area contributed by atoms with Gasteiger partial charge in [0.15, 0.2) is 0 Å². The molecule has 0 spiro atoms. The molecule has 0 rings (SSSR count). The monoisotopic (exact) mass is 264 g/mol. The summed E-state index contributed by atoms with van der Waals surface area (Å²) >= 11 is 0. The van der Waals surface area contributed by atoms with Gasteiger partial charge in [0, 0.05) is 0 Å². The first-order chi connectivity index (χ1) is 5.91. The summed E-state index contributed by atoms with van der Waals surface area (Å²) in [6.45, 7) is 4.56. The van der Waals surface area contributed by atoms with E-state index < -0.39 is 0 Å². The Kier molecular flexibility index (Phi) is 41.3. The number of hydrogen-bond acceptors (Lipinski definition) is 0. The molecule has 0 aliphatic carbocycles. The van der Waals surface area contributed by atoms with Crippen LogP contribution >= 0.6 is 0 Å². The zero-order valence-corrected chi connectivity index (χ0v) is 13.5. The summed E-state index contributed by atoms with van der Waals surface area (Å²) in [4.78, 5) is 0. The third kappa shape index (κ3) is 25.5. The van der Waals surface area contributed by atoms with E-state index in [2.05, 4.69) is 13.8 Å². The maximum absolute atomic E-state index is 2.28. The van der Waals surface area contributed by atoms with Crippen molar-refractivity contribution in [2.75, 3.05) is 0 Å². The largest absolute Gasteiger partial charge is 2.00 e. The molecule has 0 aliphatic rings. The quantitative estimate of drug-likeness (QED) is 0.354. The molecule has 0 aliphatic heterocycles. The molecule has 0 saturated carbocycles. The van der Waals surface area contributed by atoms with Crippen molar-refractivity contribution in [1.82, 2.24) is 0 Å². The van der Waals surface area contributed by atoms with Crippen LogP contribution in [0.5, 0.6) is 0 Å². The van der Waals surface area contributed by atoms with E-state index in [0.717, 1.165) is 0 Å². The van der Waals surface area contributed by atoms with Gasteiger partial charge in [-0.05, 0) is 0 Å². The van der Waals surface area contributed by atoms with Gasteiger partial charge in [0.1, 0.15) is 0 Å². The summed E-state index contributed by atoms with van der Waals surface area (Å²) in [6.07, 6.45) is 14.4. The molecule has 90 valence electrons. The van der Waals surface area contributed by atoms with Gasteiger partial charge in [0.05, 0.1) is 0 Å². The van der Waals surface area contributed by atoms with Crippen LogP contribution in [-0.2, 0) is 0 Å². The molecule has 15 heavy (non-hydrogen) atoms. The van der Waals surface area contributed by atoms with E-state index in [4.69, 9.17) is 0 Å². The van der Waals surface area contributed by atoms with Crippen molar-refractivity contribution in [3.05, 3.63) is 0 Å². The number of unbranched alkanes of at least 4 members (excludes halogenated alkanes) is 9. The number of rotatable bonds is 9. The molecule has 0 fully saturated rings. The van der Waals surface area contributed by atoms with Gasteiger partial charge < -0.3 is 24.8 Å². The van der Waals surface area contributed by atoms with Gasteiger partial charge >= 0.3 is 23.1 Å². The molecule has 0 unspecified atom stereocenters. The van der Waals surface area contributed by atoms with Crippen molar-refractivity contribution in [2.45, 2.75) is 78.1 Å². The SMILES string of the molecule is CCCCCCCCCCCC.[Cl-].[Cl-].[Mg+2]. The molecule has 0 amide bonds. The summed E-state index contributed by atoms with van der Waals surface area (Å²) < 4.78 is 0. The Morgan fingerprint density at radius 1 is 0.467 bits per heavy atom. The number of hydrogen-bond donors (Lipinski definition) is 0. The van der Waals surface area contributed by atoms with E-state index in [-0.39, 0.29) is 47.9 Å². The maximum atomic E-state index is 2.28. The Morgan fingerprint density at radius 3 is 0.867 bits per heavy atom. The van der Waals surface area contributed by atoms with Gasteiger partial charge in [-0.15, -0.1) is 0 Å². The third-order valence-corrected chi connectivity index (χ3v) is 2.46. The molecule has 3 heteroatoms. The molecular formula is C12H26Cl2Mg. The van der Waals surface area contributed by atoms with E-state index in [9.17, 15) is 0 Å². The van der Waals surface area contributed by atoms with E-state index in [0.29, 0.717) is 0 Å². The second-order valence-electron chi connectivity index (χ2n) is 3.83. The summed E-state index contributed by atoms with van der Waals surface area (Å²) in [5, 5.41) is 0. The van der Waals surface area contributed by atoms with E-state index in [1.807, 2.05) is 0 Å². The normalized spacial score (nSPS) is 8.40. The van der Waals surface area contributed by atoms with Crippen LogP contribution in [0.25, 0.3) is 0 Å². The first kappa shape index (κ1) is 25.3. The topological polar surface area (TPSA) is 0 Å². The van der Waals surface area contributed by atoms with Crippen molar-refractivity contribution in [1.29, 1.82) is 0 Å². The zero-order valence-electron chi connectivity index (χ0n) is 10.5. The van der Waals surface area contributed by atoms with Gasteiger partial charge in [0.2, 0.25) is 0 Å². The first-order valence-corrected chi connectivity index (χ1v) is 5.91. The van der Waals surface area contributed by atoms with Crippen molar-refractivity contribution < 1.29 is 24.8 Å². The molecule has 0 radical (unpaired) electrons. The third-order valence-electron chi connectivity index (χ3n) is 2.46. The molecule has 0 N–H and O–H groups in total.